The topological polar surface area (TPSA) is 81.8 Å². The van der Waals surface area contributed by atoms with Crippen LogP contribution in [-0.4, -0.2) is 32.0 Å². The van der Waals surface area contributed by atoms with E-state index in [1.165, 1.54) is 6.20 Å². The number of hydrogen-bond acceptors (Lipinski definition) is 4. The van der Waals surface area contributed by atoms with Crippen molar-refractivity contribution < 1.29 is 4.79 Å². The van der Waals surface area contributed by atoms with Crippen LogP contribution < -0.4 is 10.7 Å². The Hall–Kier alpha value is -2.96. The molecule has 0 saturated carbocycles. The monoisotopic (exact) mass is 339 g/mol. The number of amides is 1. The van der Waals surface area contributed by atoms with Crippen LogP contribution in [0.3, 0.4) is 0 Å². The molecule has 3 rings (SSSR count). The van der Waals surface area contributed by atoms with E-state index in [1.54, 1.807) is 16.9 Å². The zero-order valence-corrected chi connectivity index (χ0v) is 14.1. The summed E-state index contributed by atoms with van der Waals surface area (Å²) in [6.45, 7) is 3.86. The van der Waals surface area contributed by atoms with Gasteiger partial charge >= 0.3 is 0 Å². The number of carbonyl (C=O) groups is 1. The average Bonchev–Trinajstić information content (AvgIpc) is 3.12. The van der Waals surface area contributed by atoms with Gasteiger partial charge in [-0.25, -0.2) is 0 Å². The summed E-state index contributed by atoms with van der Waals surface area (Å²) in [4.78, 5) is 23.9. The maximum Gasteiger partial charge on any atom is 0.221 e. The molecule has 0 fully saturated rings. The number of carbonyl (C=O) groups excluding carboxylic acids is 1. The predicted molar refractivity (Wildman–Crippen MR) is 95.0 cm³/mol. The summed E-state index contributed by atoms with van der Waals surface area (Å²) in [5.74, 6) is 0.257. The van der Waals surface area contributed by atoms with Crippen molar-refractivity contribution in [3.05, 3.63) is 59.1 Å². The number of aryl methyl sites for hydroxylation is 1. The molecule has 1 atom stereocenters. The van der Waals surface area contributed by atoms with Crippen molar-refractivity contribution in [2.24, 2.45) is 5.92 Å². The van der Waals surface area contributed by atoms with Crippen LogP contribution in [0.2, 0.25) is 0 Å². The van der Waals surface area contributed by atoms with E-state index in [4.69, 9.17) is 0 Å². The number of rotatable bonds is 7. The molecule has 0 aliphatic heterocycles. The first-order valence-electron chi connectivity index (χ1n) is 8.32. The van der Waals surface area contributed by atoms with E-state index in [-0.39, 0.29) is 17.3 Å². The van der Waals surface area contributed by atoms with E-state index in [0.717, 1.165) is 12.1 Å². The fourth-order valence-corrected chi connectivity index (χ4v) is 2.72. The summed E-state index contributed by atoms with van der Waals surface area (Å²) in [6.07, 6.45) is 5.26. The Morgan fingerprint density at radius 3 is 2.88 bits per heavy atom. The number of benzene rings is 1. The zero-order valence-electron chi connectivity index (χ0n) is 14.1. The van der Waals surface area contributed by atoms with E-state index in [1.807, 2.05) is 35.1 Å². The summed E-state index contributed by atoms with van der Waals surface area (Å²) >= 11 is 0. The van der Waals surface area contributed by atoms with Gasteiger partial charge in [-0.1, -0.05) is 19.1 Å². The number of hydrogen-bond donors (Lipinski definition) is 1. The first-order chi connectivity index (χ1) is 12.1. The van der Waals surface area contributed by atoms with Crippen LogP contribution in [0.25, 0.3) is 10.9 Å². The largest absolute Gasteiger partial charge is 0.356 e. The molecular weight excluding hydrogens is 318 g/mol. The lowest BCUT2D eigenvalue weighted by Crippen LogP contribution is -2.31. The summed E-state index contributed by atoms with van der Waals surface area (Å²) in [7, 11) is 0. The third-order valence-corrected chi connectivity index (χ3v) is 4.02. The van der Waals surface area contributed by atoms with Gasteiger partial charge in [0.15, 0.2) is 0 Å². The van der Waals surface area contributed by atoms with Gasteiger partial charge in [0.2, 0.25) is 11.3 Å². The Bertz CT molecular complexity index is 901. The highest BCUT2D eigenvalue weighted by Crippen LogP contribution is 2.08. The normalized spacial score (nSPS) is 12.2. The molecule has 1 aromatic carbocycles. The highest BCUT2D eigenvalue weighted by atomic mass is 16.1. The number of para-hydroxylation sites is 1. The van der Waals surface area contributed by atoms with E-state index in [9.17, 15) is 9.59 Å². The molecule has 1 N–H and O–H groups in total. The summed E-state index contributed by atoms with van der Waals surface area (Å²) in [5.41, 5.74) is 0.638. The fraction of sp³-hybridized carbons (Fsp3) is 0.333. The minimum atomic E-state index is -0.108. The summed E-state index contributed by atoms with van der Waals surface area (Å²) in [5, 5.41) is 11.9. The van der Waals surface area contributed by atoms with Crippen molar-refractivity contribution in [1.29, 1.82) is 0 Å². The van der Waals surface area contributed by atoms with Gasteiger partial charge in [0.25, 0.3) is 0 Å². The van der Waals surface area contributed by atoms with Gasteiger partial charge in [-0.15, -0.1) is 0 Å². The van der Waals surface area contributed by atoms with E-state index in [0.29, 0.717) is 24.9 Å². The minimum absolute atomic E-state index is 0.0307. The standard InChI is InChI=1S/C18H21N5O2/c1-14(13-22-9-4-8-20-22)11-19-18(25)7-10-23-16-6-3-2-5-15(16)17(24)12-21-23/h2-6,8-9,12,14H,7,10-11,13H2,1H3,(H,19,25)/t14-/m0/s1. The SMILES string of the molecule is C[C@@H](CNC(=O)CCn1ncc(=O)c2ccccc21)Cn1cccn1. The quantitative estimate of drug-likeness (QED) is 0.706. The van der Waals surface area contributed by atoms with E-state index >= 15 is 0 Å². The molecule has 0 spiro atoms. The molecule has 0 aliphatic rings. The molecule has 0 unspecified atom stereocenters. The summed E-state index contributed by atoms with van der Waals surface area (Å²) < 4.78 is 3.55. The molecule has 7 heteroatoms. The van der Waals surface area contributed by atoms with Crippen molar-refractivity contribution in [2.45, 2.75) is 26.4 Å². The fourth-order valence-electron chi connectivity index (χ4n) is 2.72. The van der Waals surface area contributed by atoms with Crippen molar-refractivity contribution in [1.82, 2.24) is 24.9 Å². The molecule has 0 bridgehead atoms. The molecule has 2 aromatic heterocycles. The molecule has 130 valence electrons. The predicted octanol–water partition coefficient (Wildman–Crippen LogP) is 1.44. The van der Waals surface area contributed by atoms with Crippen molar-refractivity contribution in [2.75, 3.05) is 6.54 Å². The van der Waals surface area contributed by atoms with Gasteiger partial charge in [0.05, 0.1) is 18.3 Å². The van der Waals surface area contributed by atoms with Crippen molar-refractivity contribution in [3.63, 3.8) is 0 Å². The summed E-state index contributed by atoms with van der Waals surface area (Å²) in [6, 6.07) is 9.17. The molecule has 1 amide bonds. The van der Waals surface area contributed by atoms with Crippen molar-refractivity contribution in [3.8, 4) is 0 Å². The third-order valence-electron chi connectivity index (χ3n) is 4.02. The maximum atomic E-state index is 12.1. The Morgan fingerprint density at radius 1 is 1.24 bits per heavy atom. The van der Waals surface area contributed by atoms with E-state index in [2.05, 4.69) is 22.4 Å². The second-order valence-corrected chi connectivity index (χ2v) is 6.14. The zero-order chi connectivity index (χ0) is 17.6. The van der Waals surface area contributed by atoms with Gasteiger partial charge < -0.3 is 5.32 Å². The smallest absolute Gasteiger partial charge is 0.221 e. The molecule has 0 aliphatic carbocycles. The molecule has 3 aromatic rings. The van der Waals surface area contributed by atoms with Crippen LogP contribution in [-0.2, 0) is 17.9 Å². The van der Waals surface area contributed by atoms with Crippen LogP contribution in [0.15, 0.2) is 53.7 Å². The Balaban J connectivity index is 1.52. The Labute approximate surface area is 145 Å². The van der Waals surface area contributed by atoms with E-state index < -0.39 is 0 Å². The van der Waals surface area contributed by atoms with Crippen LogP contribution in [0.1, 0.15) is 13.3 Å². The van der Waals surface area contributed by atoms with Crippen LogP contribution in [0.5, 0.6) is 0 Å². The highest BCUT2D eigenvalue weighted by molar-refractivity contribution is 5.79. The molecule has 0 radical (unpaired) electrons. The first-order valence-corrected chi connectivity index (χ1v) is 8.32. The van der Waals surface area contributed by atoms with Crippen molar-refractivity contribution >= 4 is 16.8 Å². The Morgan fingerprint density at radius 2 is 2.08 bits per heavy atom. The Kier molecular flexibility index (Phi) is 5.23. The lowest BCUT2D eigenvalue weighted by atomic mass is 10.2. The molecular formula is C18H21N5O2. The van der Waals surface area contributed by atoms with Gasteiger partial charge in [-0.3, -0.25) is 19.0 Å². The lowest BCUT2D eigenvalue weighted by Gasteiger charge is -2.13. The number of aromatic nitrogens is 4. The molecule has 0 saturated heterocycles. The van der Waals surface area contributed by atoms with Crippen LogP contribution >= 0.6 is 0 Å². The third kappa shape index (κ3) is 4.32. The van der Waals surface area contributed by atoms with Gasteiger partial charge in [0.1, 0.15) is 0 Å². The van der Waals surface area contributed by atoms with Gasteiger partial charge in [-0.2, -0.15) is 10.2 Å². The van der Waals surface area contributed by atoms with Gasteiger partial charge in [-0.05, 0) is 24.1 Å². The second-order valence-electron chi connectivity index (χ2n) is 6.14. The van der Waals surface area contributed by atoms with Gasteiger partial charge in [0, 0.05) is 37.3 Å². The number of nitrogens with zero attached hydrogens (tertiary/aromatic N) is 4. The van der Waals surface area contributed by atoms with Crippen LogP contribution in [0.4, 0.5) is 0 Å². The molecule has 2 heterocycles. The second kappa shape index (κ2) is 7.74. The minimum Gasteiger partial charge on any atom is -0.356 e. The number of fused-ring (bicyclic) bond motifs is 1. The first kappa shape index (κ1) is 16.9. The molecule has 7 nitrogen and oxygen atoms in total. The highest BCUT2D eigenvalue weighted by Gasteiger charge is 2.08. The lowest BCUT2D eigenvalue weighted by molar-refractivity contribution is -0.121. The van der Waals surface area contributed by atoms with Crippen LogP contribution in [0, 0.1) is 5.92 Å². The number of nitrogens with one attached hydrogen (secondary N) is 1. The average molecular weight is 339 g/mol. The molecule has 25 heavy (non-hydrogen) atoms. The maximum absolute atomic E-state index is 12.1.